The molecule has 2 aromatic carbocycles. The minimum atomic E-state index is 0.659. The van der Waals surface area contributed by atoms with E-state index in [1.165, 1.54) is 5.56 Å². The molecule has 0 fully saturated rings. The normalized spacial score (nSPS) is 14.9. The van der Waals surface area contributed by atoms with Crippen LogP contribution in [0.5, 0.6) is 5.75 Å². The third kappa shape index (κ3) is 5.06. The fourth-order valence-electron chi connectivity index (χ4n) is 3.38. The maximum Gasteiger partial charge on any atom is 0.123 e. The third-order valence-electron chi connectivity index (χ3n) is 4.80. The zero-order chi connectivity index (χ0) is 19.2. The Morgan fingerprint density at radius 3 is 2.81 bits per heavy atom. The van der Waals surface area contributed by atoms with Crippen LogP contribution < -0.4 is 15.8 Å². The molecule has 1 aliphatic heterocycles. The second-order valence-electron chi connectivity index (χ2n) is 6.74. The highest BCUT2D eigenvalue weighted by atomic mass is 35.5. The molecule has 1 heterocycles. The number of benzene rings is 2. The lowest BCUT2D eigenvalue weighted by molar-refractivity contribution is 0.276. The summed E-state index contributed by atoms with van der Waals surface area (Å²) in [5.74, 6) is 0.871. The molecule has 2 aromatic rings. The first-order valence-corrected chi connectivity index (χ1v) is 9.44. The van der Waals surface area contributed by atoms with Crippen LogP contribution in [0.25, 0.3) is 0 Å². The summed E-state index contributed by atoms with van der Waals surface area (Å²) in [5.41, 5.74) is 11.5. The molecule has 0 amide bonds. The van der Waals surface area contributed by atoms with E-state index >= 15 is 0 Å². The Kier molecular flexibility index (Phi) is 6.43. The summed E-state index contributed by atoms with van der Waals surface area (Å²) in [4.78, 5) is 2.33. The highest BCUT2D eigenvalue weighted by Gasteiger charge is 2.19. The van der Waals surface area contributed by atoms with Crippen LogP contribution in [0, 0.1) is 0 Å². The summed E-state index contributed by atoms with van der Waals surface area (Å²) in [6.07, 6.45) is 0.879. The lowest BCUT2D eigenvalue weighted by atomic mass is 10.0. The van der Waals surface area contributed by atoms with Crippen LogP contribution in [0.2, 0.25) is 5.02 Å². The fraction of sp³-hybridized carbons (Fsp3) is 0.273. The van der Waals surface area contributed by atoms with Crippen LogP contribution in [-0.4, -0.2) is 25.1 Å². The Hall–Kier alpha value is -2.43. The Morgan fingerprint density at radius 2 is 2.07 bits per heavy atom. The van der Waals surface area contributed by atoms with Crippen LogP contribution in [0.4, 0.5) is 0 Å². The van der Waals surface area contributed by atoms with Gasteiger partial charge in [-0.05, 0) is 35.8 Å². The summed E-state index contributed by atoms with van der Waals surface area (Å²) >= 11 is 6.08. The van der Waals surface area contributed by atoms with Gasteiger partial charge in [-0.2, -0.15) is 0 Å². The zero-order valence-corrected chi connectivity index (χ0v) is 16.4. The Balaban J connectivity index is 1.59. The van der Waals surface area contributed by atoms with Gasteiger partial charge in [0.1, 0.15) is 5.75 Å². The van der Waals surface area contributed by atoms with E-state index in [2.05, 4.69) is 22.9 Å². The zero-order valence-electron chi connectivity index (χ0n) is 15.7. The van der Waals surface area contributed by atoms with Gasteiger partial charge in [-0.3, -0.25) is 4.90 Å². The van der Waals surface area contributed by atoms with Crippen LogP contribution in [0.15, 0.2) is 72.1 Å². The molecule has 0 aromatic heterocycles. The van der Waals surface area contributed by atoms with Crippen molar-refractivity contribution in [3.63, 3.8) is 0 Å². The summed E-state index contributed by atoms with van der Waals surface area (Å²) in [7, 11) is 1.68. The van der Waals surface area contributed by atoms with Crippen molar-refractivity contribution in [1.82, 2.24) is 10.2 Å². The van der Waals surface area contributed by atoms with Gasteiger partial charge in [0.25, 0.3) is 0 Å². The molecule has 0 aliphatic carbocycles. The number of hydrogen-bond donors (Lipinski definition) is 2. The number of allylic oxidation sites excluding steroid dienone is 1. The van der Waals surface area contributed by atoms with Crippen LogP contribution in [0.1, 0.15) is 17.5 Å². The third-order valence-corrected chi connectivity index (χ3v) is 5.04. The standard InChI is InChI=1S/C22H26ClN3O/c1-16(25-13-18-7-3-4-9-22(18)27-2)20-10-11-26(15-21(20)24)14-17-6-5-8-19(23)12-17/h3-9,12,25H,1,10-11,13-15,24H2,2H3. The highest BCUT2D eigenvalue weighted by molar-refractivity contribution is 6.30. The Bertz CT molecular complexity index is 847. The molecule has 27 heavy (non-hydrogen) atoms. The van der Waals surface area contributed by atoms with Gasteiger partial charge >= 0.3 is 0 Å². The van der Waals surface area contributed by atoms with Gasteiger partial charge in [0.2, 0.25) is 0 Å². The van der Waals surface area contributed by atoms with Crippen molar-refractivity contribution in [2.75, 3.05) is 20.2 Å². The van der Waals surface area contributed by atoms with E-state index in [1.54, 1.807) is 7.11 Å². The molecule has 0 spiro atoms. The van der Waals surface area contributed by atoms with Gasteiger partial charge in [0.15, 0.2) is 0 Å². The Morgan fingerprint density at radius 1 is 1.26 bits per heavy atom. The van der Waals surface area contributed by atoms with Crippen molar-refractivity contribution in [3.05, 3.63) is 88.2 Å². The first-order valence-electron chi connectivity index (χ1n) is 9.06. The van der Waals surface area contributed by atoms with E-state index in [4.69, 9.17) is 22.1 Å². The van der Waals surface area contributed by atoms with Gasteiger partial charge in [0.05, 0.1) is 7.11 Å². The number of nitrogens with zero attached hydrogens (tertiary/aromatic N) is 1. The summed E-state index contributed by atoms with van der Waals surface area (Å²) in [5, 5.41) is 4.16. The van der Waals surface area contributed by atoms with Crippen LogP contribution >= 0.6 is 11.6 Å². The number of nitrogens with two attached hydrogens (primary N) is 1. The largest absolute Gasteiger partial charge is 0.496 e. The van der Waals surface area contributed by atoms with E-state index in [0.717, 1.165) is 59.4 Å². The number of methoxy groups -OCH3 is 1. The van der Waals surface area contributed by atoms with E-state index in [9.17, 15) is 0 Å². The van der Waals surface area contributed by atoms with E-state index in [-0.39, 0.29) is 0 Å². The first kappa shape index (κ1) is 19.3. The van der Waals surface area contributed by atoms with E-state index < -0.39 is 0 Å². The van der Waals surface area contributed by atoms with Gasteiger partial charge in [-0.15, -0.1) is 0 Å². The van der Waals surface area contributed by atoms with Gasteiger partial charge < -0.3 is 15.8 Å². The van der Waals surface area contributed by atoms with Gasteiger partial charge in [-0.25, -0.2) is 0 Å². The maximum absolute atomic E-state index is 6.37. The fourth-order valence-corrected chi connectivity index (χ4v) is 3.59. The molecular weight excluding hydrogens is 358 g/mol. The molecule has 1 aliphatic rings. The second-order valence-corrected chi connectivity index (χ2v) is 7.17. The summed E-state index contributed by atoms with van der Waals surface area (Å²) in [6.45, 7) is 7.37. The minimum Gasteiger partial charge on any atom is -0.496 e. The average molecular weight is 384 g/mol. The predicted molar refractivity (Wildman–Crippen MR) is 112 cm³/mol. The van der Waals surface area contributed by atoms with Crippen molar-refractivity contribution >= 4 is 11.6 Å². The molecule has 142 valence electrons. The molecule has 0 unspecified atom stereocenters. The molecule has 0 radical (unpaired) electrons. The van der Waals surface area contributed by atoms with Crippen molar-refractivity contribution in [2.24, 2.45) is 5.73 Å². The van der Waals surface area contributed by atoms with E-state index in [0.29, 0.717) is 6.54 Å². The molecular formula is C22H26ClN3O. The second kappa shape index (κ2) is 8.98. The summed E-state index contributed by atoms with van der Waals surface area (Å²) < 4.78 is 5.40. The number of para-hydroxylation sites is 1. The van der Waals surface area contributed by atoms with Crippen molar-refractivity contribution in [3.8, 4) is 5.75 Å². The molecule has 0 bridgehead atoms. The maximum atomic E-state index is 6.37. The molecule has 0 saturated carbocycles. The van der Waals surface area contributed by atoms with Gasteiger partial charge in [-0.1, -0.05) is 48.5 Å². The van der Waals surface area contributed by atoms with Gasteiger partial charge in [0, 0.05) is 48.2 Å². The lowest BCUT2D eigenvalue weighted by Gasteiger charge is -2.30. The minimum absolute atomic E-state index is 0.659. The number of hydrogen-bond acceptors (Lipinski definition) is 4. The number of nitrogens with one attached hydrogen (secondary N) is 1. The summed E-state index contributed by atoms with van der Waals surface area (Å²) in [6, 6.07) is 15.9. The number of ether oxygens (including phenoxy) is 1. The van der Waals surface area contributed by atoms with E-state index in [1.807, 2.05) is 42.5 Å². The molecule has 4 nitrogen and oxygen atoms in total. The van der Waals surface area contributed by atoms with Crippen LogP contribution in [-0.2, 0) is 13.1 Å². The molecule has 5 heteroatoms. The smallest absolute Gasteiger partial charge is 0.123 e. The van der Waals surface area contributed by atoms with Crippen molar-refractivity contribution in [1.29, 1.82) is 0 Å². The predicted octanol–water partition coefficient (Wildman–Crippen LogP) is 4.07. The molecule has 0 atom stereocenters. The first-order chi connectivity index (χ1) is 13.1. The SMILES string of the molecule is C=C(NCc1ccccc1OC)C1=C(N)CN(Cc2cccc(Cl)c2)CC1. The van der Waals surface area contributed by atoms with Crippen LogP contribution in [0.3, 0.4) is 0 Å². The van der Waals surface area contributed by atoms with Crippen molar-refractivity contribution in [2.45, 2.75) is 19.5 Å². The van der Waals surface area contributed by atoms with Crippen molar-refractivity contribution < 1.29 is 4.74 Å². The topological polar surface area (TPSA) is 50.5 Å². The molecule has 3 rings (SSSR count). The lowest BCUT2D eigenvalue weighted by Crippen LogP contribution is -2.35. The molecule has 0 saturated heterocycles. The highest BCUT2D eigenvalue weighted by Crippen LogP contribution is 2.23. The number of rotatable bonds is 7. The quantitative estimate of drug-likeness (QED) is 0.756. The monoisotopic (exact) mass is 383 g/mol. The average Bonchev–Trinajstić information content (AvgIpc) is 2.66. The number of halogens is 1. The Labute approximate surface area is 166 Å². The molecule has 3 N–H and O–H groups in total.